The van der Waals surface area contributed by atoms with Crippen molar-refractivity contribution in [3.05, 3.63) is 66.3 Å². The van der Waals surface area contributed by atoms with Gasteiger partial charge in [-0.05, 0) is 30.3 Å². The van der Waals surface area contributed by atoms with E-state index >= 15 is 0 Å². The van der Waals surface area contributed by atoms with Crippen LogP contribution in [0, 0.1) is 11.6 Å². The molecule has 0 aliphatic rings. The monoisotopic (exact) mass is 302 g/mol. The number of hydrogen-bond acceptors (Lipinski definition) is 5. The first kappa shape index (κ1) is 14.0. The summed E-state index contributed by atoms with van der Waals surface area (Å²) in [6.45, 7) is 0.481. The minimum atomic E-state index is -0.933. The SMILES string of the molecule is Fc1ccc(Nc2nccc(NCc3ccco3)n2)cc1F. The molecule has 5 nitrogen and oxygen atoms in total. The molecule has 2 heterocycles. The first-order chi connectivity index (χ1) is 10.7. The lowest BCUT2D eigenvalue weighted by atomic mass is 10.3. The van der Waals surface area contributed by atoms with Gasteiger partial charge in [0.25, 0.3) is 0 Å². The molecule has 22 heavy (non-hydrogen) atoms. The van der Waals surface area contributed by atoms with Gasteiger partial charge in [-0.3, -0.25) is 0 Å². The number of rotatable bonds is 5. The van der Waals surface area contributed by atoms with Crippen LogP contribution in [0.1, 0.15) is 5.76 Å². The molecule has 0 spiro atoms. The zero-order chi connectivity index (χ0) is 15.4. The summed E-state index contributed by atoms with van der Waals surface area (Å²) in [5.41, 5.74) is 0.363. The van der Waals surface area contributed by atoms with Gasteiger partial charge in [0.2, 0.25) is 5.95 Å². The van der Waals surface area contributed by atoms with E-state index in [-0.39, 0.29) is 5.95 Å². The average molecular weight is 302 g/mol. The average Bonchev–Trinajstić information content (AvgIpc) is 3.03. The number of halogens is 2. The Morgan fingerprint density at radius 2 is 2.00 bits per heavy atom. The largest absolute Gasteiger partial charge is 0.467 e. The summed E-state index contributed by atoms with van der Waals surface area (Å²) >= 11 is 0. The molecule has 7 heteroatoms. The van der Waals surface area contributed by atoms with Crippen molar-refractivity contribution in [2.24, 2.45) is 0 Å². The van der Waals surface area contributed by atoms with E-state index in [0.717, 1.165) is 17.9 Å². The number of aromatic nitrogens is 2. The Hall–Kier alpha value is -2.96. The van der Waals surface area contributed by atoms with E-state index in [1.807, 2.05) is 6.07 Å². The molecule has 0 saturated heterocycles. The van der Waals surface area contributed by atoms with Crippen LogP contribution in [0.5, 0.6) is 0 Å². The van der Waals surface area contributed by atoms with Crippen molar-refractivity contribution in [1.82, 2.24) is 9.97 Å². The van der Waals surface area contributed by atoms with E-state index in [1.54, 1.807) is 24.6 Å². The topological polar surface area (TPSA) is 63.0 Å². The highest BCUT2D eigenvalue weighted by Crippen LogP contribution is 2.17. The lowest BCUT2D eigenvalue weighted by molar-refractivity contribution is 0.509. The van der Waals surface area contributed by atoms with Crippen LogP contribution in [0.4, 0.5) is 26.2 Å². The van der Waals surface area contributed by atoms with Crippen LogP contribution in [0.3, 0.4) is 0 Å². The predicted octanol–water partition coefficient (Wildman–Crippen LogP) is 3.70. The lowest BCUT2D eigenvalue weighted by Gasteiger charge is -2.08. The maximum Gasteiger partial charge on any atom is 0.229 e. The summed E-state index contributed by atoms with van der Waals surface area (Å²) in [7, 11) is 0. The van der Waals surface area contributed by atoms with Gasteiger partial charge >= 0.3 is 0 Å². The highest BCUT2D eigenvalue weighted by Gasteiger charge is 2.05. The third-order valence-electron chi connectivity index (χ3n) is 2.86. The summed E-state index contributed by atoms with van der Waals surface area (Å²) in [5, 5.41) is 5.89. The van der Waals surface area contributed by atoms with Crippen LogP contribution >= 0.6 is 0 Å². The Kier molecular flexibility index (Phi) is 3.95. The summed E-state index contributed by atoms with van der Waals surface area (Å²) in [4.78, 5) is 8.26. The maximum absolute atomic E-state index is 13.2. The molecule has 0 radical (unpaired) electrons. The molecule has 0 fully saturated rings. The second-order valence-electron chi connectivity index (χ2n) is 4.45. The summed E-state index contributed by atoms with van der Waals surface area (Å²) in [5.74, 6) is -0.210. The van der Waals surface area contributed by atoms with Gasteiger partial charge in [0, 0.05) is 18.0 Å². The van der Waals surface area contributed by atoms with Crippen molar-refractivity contribution in [1.29, 1.82) is 0 Å². The predicted molar refractivity (Wildman–Crippen MR) is 77.7 cm³/mol. The summed E-state index contributed by atoms with van der Waals surface area (Å²) in [6, 6.07) is 8.82. The van der Waals surface area contributed by atoms with Gasteiger partial charge in [-0.1, -0.05) is 0 Å². The van der Waals surface area contributed by atoms with Gasteiger partial charge in [-0.2, -0.15) is 4.98 Å². The molecule has 3 rings (SSSR count). The molecule has 1 aromatic carbocycles. The van der Waals surface area contributed by atoms with Crippen molar-refractivity contribution < 1.29 is 13.2 Å². The lowest BCUT2D eigenvalue weighted by Crippen LogP contribution is -2.03. The van der Waals surface area contributed by atoms with Crippen molar-refractivity contribution in [3.63, 3.8) is 0 Å². The van der Waals surface area contributed by atoms with E-state index in [2.05, 4.69) is 20.6 Å². The summed E-state index contributed by atoms with van der Waals surface area (Å²) in [6.07, 6.45) is 3.15. The molecule has 2 aromatic heterocycles. The standard InChI is InChI=1S/C15H12F2N4O/c16-12-4-3-10(8-13(12)17)20-15-18-6-5-14(21-15)19-9-11-2-1-7-22-11/h1-8H,9H2,(H2,18,19,20,21). The molecule has 0 amide bonds. The first-order valence-electron chi connectivity index (χ1n) is 6.52. The molecule has 112 valence electrons. The zero-order valence-electron chi connectivity index (χ0n) is 11.4. The first-order valence-corrected chi connectivity index (χ1v) is 6.52. The Balaban J connectivity index is 1.69. The number of benzene rings is 1. The van der Waals surface area contributed by atoms with E-state index in [1.165, 1.54) is 6.07 Å². The van der Waals surface area contributed by atoms with Crippen LogP contribution in [0.15, 0.2) is 53.3 Å². The van der Waals surface area contributed by atoms with Gasteiger partial charge < -0.3 is 15.1 Å². The minimum absolute atomic E-state index is 0.274. The number of nitrogens with zero attached hydrogens (tertiary/aromatic N) is 2. The number of nitrogens with one attached hydrogen (secondary N) is 2. The maximum atomic E-state index is 13.2. The Labute approximate surface area is 125 Å². The van der Waals surface area contributed by atoms with Crippen molar-refractivity contribution >= 4 is 17.5 Å². The molecule has 0 aliphatic heterocycles. The number of anilines is 3. The second-order valence-corrected chi connectivity index (χ2v) is 4.45. The molecular weight excluding hydrogens is 290 g/mol. The third kappa shape index (κ3) is 3.38. The van der Waals surface area contributed by atoms with Crippen LogP contribution in [-0.4, -0.2) is 9.97 Å². The van der Waals surface area contributed by atoms with E-state index in [4.69, 9.17) is 4.42 Å². The van der Waals surface area contributed by atoms with Crippen molar-refractivity contribution in [3.8, 4) is 0 Å². The molecular formula is C15H12F2N4O. The minimum Gasteiger partial charge on any atom is -0.467 e. The van der Waals surface area contributed by atoms with Crippen LogP contribution in [-0.2, 0) is 6.54 Å². The molecule has 0 atom stereocenters. The Morgan fingerprint density at radius 3 is 2.77 bits per heavy atom. The zero-order valence-corrected chi connectivity index (χ0v) is 11.4. The molecule has 0 bridgehead atoms. The molecule has 0 unspecified atom stereocenters. The highest BCUT2D eigenvalue weighted by molar-refractivity contribution is 5.54. The van der Waals surface area contributed by atoms with Gasteiger partial charge in [0.05, 0.1) is 12.8 Å². The Bertz CT molecular complexity index is 762. The fraction of sp³-hybridized carbons (Fsp3) is 0.0667. The third-order valence-corrected chi connectivity index (χ3v) is 2.86. The van der Waals surface area contributed by atoms with E-state index in [9.17, 15) is 8.78 Å². The van der Waals surface area contributed by atoms with Gasteiger partial charge in [0.15, 0.2) is 11.6 Å². The van der Waals surface area contributed by atoms with E-state index < -0.39 is 11.6 Å². The van der Waals surface area contributed by atoms with Crippen LogP contribution in [0.2, 0.25) is 0 Å². The highest BCUT2D eigenvalue weighted by atomic mass is 19.2. The normalized spacial score (nSPS) is 10.5. The number of furan rings is 1. The fourth-order valence-corrected chi connectivity index (χ4v) is 1.81. The van der Waals surface area contributed by atoms with Gasteiger partial charge in [-0.15, -0.1) is 0 Å². The second kappa shape index (κ2) is 6.21. The fourth-order valence-electron chi connectivity index (χ4n) is 1.81. The van der Waals surface area contributed by atoms with E-state index in [0.29, 0.717) is 18.1 Å². The molecule has 2 N–H and O–H groups in total. The Morgan fingerprint density at radius 1 is 1.09 bits per heavy atom. The van der Waals surface area contributed by atoms with Gasteiger partial charge in [-0.25, -0.2) is 13.8 Å². The quantitative estimate of drug-likeness (QED) is 0.752. The van der Waals surface area contributed by atoms with Crippen LogP contribution < -0.4 is 10.6 Å². The summed E-state index contributed by atoms with van der Waals surface area (Å²) < 4.78 is 31.3. The smallest absolute Gasteiger partial charge is 0.229 e. The molecule has 0 saturated carbocycles. The van der Waals surface area contributed by atoms with Crippen molar-refractivity contribution in [2.75, 3.05) is 10.6 Å². The number of hydrogen-bond donors (Lipinski definition) is 2. The molecule has 3 aromatic rings. The molecule has 0 aliphatic carbocycles. The van der Waals surface area contributed by atoms with Gasteiger partial charge in [0.1, 0.15) is 11.6 Å². The van der Waals surface area contributed by atoms with Crippen molar-refractivity contribution in [2.45, 2.75) is 6.54 Å². The van der Waals surface area contributed by atoms with Crippen LogP contribution in [0.25, 0.3) is 0 Å².